The summed E-state index contributed by atoms with van der Waals surface area (Å²) in [6.45, 7) is 15.8. The number of aromatic amines is 1. The van der Waals surface area contributed by atoms with E-state index < -0.39 is 55.4 Å². The molecule has 0 unspecified atom stereocenters. The molecule has 0 fully saturated rings. The lowest BCUT2D eigenvalue weighted by Gasteiger charge is -2.27. The number of sulfonamides is 1. The first kappa shape index (κ1) is 45.2. The van der Waals surface area contributed by atoms with Crippen LogP contribution in [0.5, 0.6) is 0 Å². The maximum absolute atomic E-state index is 13.1. The van der Waals surface area contributed by atoms with Gasteiger partial charge in [-0.05, 0) is 89.7 Å². The summed E-state index contributed by atoms with van der Waals surface area (Å²) < 4.78 is 58.7. The van der Waals surface area contributed by atoms with Crippen LogP contribution in [0.3, 0.4) is 0 Å². The minimum Gasteiger partial charge on any atom is -0.452 e. The molecule has 2 aromatic heterocycles. The van der Waals surface area contributed by atoms with Gasteiger partial charge in [-0.25, -0.2) is 21.6 Å². The summed E-state index contributed by atoms with van der Waals surface area (Å²) in [6.07, 6.45) is -0.432. The molecule has 20 heteroatoms. The number of benzene rings is 1. The molecular formula is C39H51N7O10S3. The Balaban J connectivity index is 1.17. The van der Waals surface area contributed by atoms with Crippen LogP contribution in [0.15, 0.2) is 32.7 Å². The molecule has 2 aliphatic rings. The molecule has 4 heterocycles. The number of hydrogen-bond donors (Lipinski definition) is 6. The van der Waals surface area contributed by atoms with Gasteiger partial charge in [0.1, 0.15) is 8.42 Å². The Kier molecular flexibility index (Phi) is 14.2. The van der Waals surface area contributed by atoms with Gasteiger partial charge < -0.3 is 35.9 Å². The third-order valence-electron chi connectivity index (χ3n) is 10.3. The summed E-state index contributed by atoms with van der Waals surface area (Å²) in [5.74, 6) is -3.26. The Labute approximate surface area is 348 Å². The largest absolute Gasteiger partial charge is 0.452 e. The van der Waals surface area contributed by atoms with E-state index in [-0.39, 0.29) is 39.1 Å². The molecule has 0 bridgehead atoms. The number of esters is 1. The molecule has 1 aromatic carbocycles. The summed E-state index contributed by atoms with van der Waals surface area (Å²) >= 11 is 0.553. The van der Waals surface area contributed by atoms with Gasteiger partial charge in [0.05, 0.1) is 22.8 Å². The van der Waals surface area contributed by atoms with Crippen LogP contribution in [-0.2, 0) is 43.8 Å². The number of likely N-dealkylation sites (N-methyl/N-ethyl adjacent to an activating group) is 1. The zero-order valence-corrected chi connectivity index (χ0v) is 36.5. The highest BCUT2D eigenvalue weighted by Crippen LogP contribution is 2.43. The number of carbonyl (C=O) groups excluding carboxylic acids is 5. The van der Waals surface area contributed by atoms with Crippen molar-refractivity contribution in [3.05, 3.63) is 57.9 Å². The Morgan fingerprint density at radius 2 is 1.80 bits per heavy atom. The number of aryl methyl sites for hydroxylation is 1. The Bertz CT molecular complexity index is 2400. The molecule has 5 rings (SSSR count). The molecule has 0 aliphatic carbocycles. The lowest BCUT2D eigenvalue weighted by molar-refractivity contribution is -0.154. The number of rotatable bonds is 17. The van der Waals surface area contributed by atoms with E-state index in [2.05, 4.69) is 45.0 Å². The standard InChI is InChI=1S/C39H51N7O10S3/c1-8-40-31-17-21(4)58(52,53)39-28(31)20-34(57-39)59(54,55)45-36(49)24(7)56-33(48)14-13-32(47)43-25-11-12-29-26(18-25)27(37(50)44-29)19-30-22(5)35(23(6)42-30)38(51)41-15-16-46(9-2)10-3/h11-12,18-21,24,31,40,42H,8-10,13-17H2,1-7H3,(H,41,51)(H,43,47)(H,44,50)(H,45,49)/b27-19-/t21-,24-,31-/m0/s1. The maximum atomic E-state index is 13.1. The van der Waals surface area contributed by atoms with Crippen LogP contribution < -0.4 is 26.0 Å². The van der Waals surface area contributed by atoms with E-state index in [9.17, 15) is 40.8 Å². The monoisotopic (exact) mass is 873 g/mol. The first-order chi connectivity index (χ1) is 27.8. The van der Waals surface area contributed by atoms with Crippen molar-refractivity contribution in [1.29, 1.82) is 0 Å². The normalized spacial score (nSPS) is 18.2. The molecule has 17 nitrogen and oxygen atoms in total. The number of H-pyrrole nitrogens is 1. The summed E-state index contributed by atoms with van der Waals surface area (Å²) in [5, 5.41) is 10.9. The smallest absolute Gasteiger partial charge is 0.307 e. The average Bonchev–Trinajstić information content (AvgIpc) is 3.85. The van der Waals surface area contributed by atoms with Gasteiger partial charge in [-0.3, -0.25) is 24.0 Å². The van der Waals surface area contributed by atoms with E-state index in [1.165, 1.54) is 13.0 Å². The molecule has 0 saturated heterocycles. The van der Waals surface area contributed by atoms with Gasteiger partial charge in [0.15, 0.2) is 15.9 Å². The predicted molar refractivity (Wildman–Crippen MR) is 224 cm³/mol. The van der Waals surface area contributed by atoms with Crippen molar-refractivity contribution in [2.24, 2.45) is 0 Å². The highest BCUT2D eigenvalue weighted by molar-refractivity contribution is 7.95. The first-order valence-electron chi connectivity index (χ1n) is 19.3. The maximum Gasteiger partial charge on any atom is 0.307 e. The number of nitrogens with zero attached hydrogens (tertiary/aromatic N) is 1. The third-order valence-corrected chi connectivity index (χ3v) is 16.0. The fraction of sp³-hybridized carbons (Fsp3) is 0.462. The average molecular weight is 874 g/mol. The second-order valence-corrected chi connectivity index (χ2v) is 19.9. The molecule has 3 aromatic rings. The molecule has 3 atom stereocenters. The van der Waals surface area contributed by atoms with E-state index in [1.807, 2.05) is 11.6 Å². The number of fused-ring (bicyclic) bond motifs is 2. The summed E-state index contributed by atoms with van der Waals surface area (Å²) in [7, 11) is -8.29. The van der Waals surface area contributed by atoms with Crippen molar-refractivity contribution in [3.63, 3.8) is 0 Å². The van der Waals surface area contributed by atoms with Crippen molar-refractivity contribution < 1.29 is 45.5 Å². The number of aromatic nitrogens is 1. The lowest BCUT2D eigenvalue weighted by atomic mass is 10.0. The number of hydrogen-bond acceptors (Lipinski definition) is 13. The molecule has 0 saturated carbocycles. The number of ether oxygens (including phenoxy) is 1. The number of anilines is 2. The van der Waals surface area contributed by atoms with Gasteiger partial charge in [-0.1, -0.05) is 20.8 Å². The molecular weight excluding hydrogens is 823 g/mol. The van der Waals surface area contributed by atoms with Crippen LogP contribution in [0.4, 0.5) is 11.4 Å². The third kappa shape index (κ3) is 10.1. The topological polar surface area (TPSA) is 242 Å². The minimum atomic E-state index is -4.52. The first-order valence-corrected chi connectivity index (χ1v) is 23.2. The fourth-order valence-electron chi connectivity index (χ4n) is 6.95. The van der Waals surface area contributed by atoms with Crippen LogP contribution in [0.1, 0.15) is 98.4 Å². The highest BCUT2D eigenvalue weighted by atomic mass is 32.3. The second-order valence-electron chi connectivity index (χ2n) is 14.4. The summed E-state index contributed by atoms with van der Waals surface area (Å²) in [6, 6.07) is 5.67. The molecule has 2 aliphatic heterocycles. The van der Waals surface area contributed by atoms with Crippen LogP contribution in [0, 0.1) is 13.8 Å². The predicted octanol–water partition coefficient (Wildman–Crippen LogP) is 3.63. The van der Waals surface area contributed by atoms with Crippen LogP contribution in [-0.4, -0.2) is 100 Å². The van der Waals surface area contributed by atoms with Gasteiger partial charge in [-0.15, -0.1) is 11.3 Å². The van der Waals surface area contributed by atoms with Gasteiger partial charge >= 0.3 is 5.97 Å². The molecule has 0 spiro atoms. The van der Waals surface area contributed by atoms with Crippen molar-refractivity contribution in [2.75, 3.05) is 43.4 Å². The minimum absolute atomic E-state index is 0.0747. The SMILES string of the molecule is CCN[C@H]1C[C@H](C)S(=O)(=O)c2sc(S(=O)(=O)NC(=O)[C@H](C)OC(=O)CCC(=O)Nc3ccc4c(c3)/C(=C/c3[nH]c(C)c(C(=O)NCCN(CC)CC)c3C)C(=O)N4)cc21. The van der Waals surface area contributed by atoms with Gasteiger partial charge in [0.25, 0.3) is 27.7 Å². The van der Waals surface area contributed by atoms with Crippen molar-refractivity contribution in [1.82, 2.24) is 25.2 Å². The van der Waals surface area contributed by atoms with E-state index in [0.29, 0.717) is 75.0 Å². The second kappa shape index (κ2) is 18.6. The number of amides is 4. The van der Waals surface area contributed by atoms with Gasteiger partial charge in [-0.2, -0.15) is 0 Å². The van der Waals surface area contributed by atoms with Crippen molar-refractivity contribution >= 4 is 83.8 Å². The van der Waals surface area contributed by atoms with Gasteiger partial charge in [0, 0.05) is 59.4 Å². The summed E-state index contributed by atoms with van der Waals surface area (Å²) in [4.78, 5) is 69.8. The lowest BCUT2D eigenvalue weighted by Crippen LogP contribution is -2.39. The number of sulfone groups is 1. The van der Waals surface area contributed by atoms with Crippen molar-refractivity contribution in [3.8, 4) is 0 Å². The highest BCUT2D eigenvalue weighted by Gasteiger charge is 2.40. The van der Waals surface area contributed by atoms with E-state index >= 15 is 0 Å². The Morgan fingerprint density at radius 3 is 2.47 bits per heavy atom. The molecule has 320 valence electrons. The van der Waals surface area contributed by atoms with Crippen LogP contribution in [0.25, 0.3) is 11.6 Å². The van der Waals surface area contributed by atoms with Crippen LogP contribution >= 0.6 is 11.3 Å². The molecule has 4 amide bonds. The fourth-order valence-corrected chi connectivity index (χ4v) is 12.0. The molecule has 0 radical (unpaired) electrons. The molecule has 6 N–H and O–H groups in total. The van der Waals surface area contributed by atoms with E-state index in [0.717, 1.165) is 19.6 Å². The number of carbonyl (C=O) groups is 5. The van der Waals surface area contributed by atoms with E-state index in [1.54, 1.807) is 45.0 Å². The number of nitrogens with one attached hydrogen (secondary N) is 6. The van der Waals surface area contributed by atoms with Gasteiger partial charge in [0.2, 0.25) is 5.91 Å². The number of thiophene rings is 1. The van der Waals surface area contributed by atoms with E-state index in [4.69, 9.17) is 4.74 Å². The zero-order valence-electron chi connectivity index (χ0n) is 34.0. The van der Waals surface area contributed by atoms with Crippen LogP contribution in [0.2, 0.25) is 0 Å². The Morgan fingerprint density at radius 1 is 1.08 bits per heavy atom. The quantitative estimate of drug-likeness (QED) is 0.0842. The van der Waals surface area contributed by atoms with Crippen molar-refractivity contribution in [2.45, 2.75) is 93.5 Å². The Hall–Kier alpha value is -4.89. The molecule has 59 heavy (non-hydrogen) atoms. The zero-order chi connectivity index (χ0) is 43.4. The summed E-state index contributed by atoms with van der Waals surface area (Å²) in [5.41, 5.74) is 4.40.